The van der Waals surface area contributed by atoms with E-state index in [4.69, 9.17) is 11.6 Å². The number of hydrogen-bond donors (Lipinski definition) is 1. The Balaban J connectivity index is 1.93. The van der Waals surface area contributed by atoms with Gasteiger partial charge in [0, 0.05) is 58.5 Å². The summed E-state index contributed by atoms with van der Waals surface area (Å²) in [6.45, 7) is 2.92. The molecule has 1 saturated heterocycles. The molecule has 1 N–H and O–H groups in total. The third-order valence-corrected chi connectivity index (χ3v) is 6.74. The second kappa shape index (κ2) is 8.10. The van der Waals surface area contributed by atoms with Gasteiger partial charge in [-0.3, -0.25) is 3.97 Å². The minimum Gasteiger partial charge on any atom is -0.368 e. The topological polar surface area (TPSA) is 37.3 Å². The van der Waals surface area contributed by atoms with Crippen molar-refractivity contribution in [1.82, 2.24) is 9.29 Å². The molecule has 28 heavy (non-hydrogen) atoms. The summed E-state index contributed by atoms with van der Waals surface area (Å²) in [4.78, 5) is 2.55. The van der Waals surface area contributed by atoms with Gasteiger partial charge < -0.3 is 10.2 Å². The number of anilines is 1. The van der Waals surface area contributed by atoms with Gasteiger partial charge in [-0.2, -0.15) is 0 Å². The average Bonchev–Trinajstić information content (AvgIpc) is 3.07. The minimum absolute atomic E-state index is 0.136. The Kier molecular flexibility index (Phi) is 5.73. The van der Waals surface area contributed by atoms with Crippen LogP contribution in [0.1, 0.15) is 12.0 Å². The molecule has 1 atom stereocenters. The SMILES string of the molecule is O=S(c1cccc(Br)c1)n1cc(C(F)F)c2c(N3CCNCC3)cc(Cl)cc21. The van der Waals surface area contributed by atoms with Gasteiger partial charge in [0.15, 0.2) is 11.0 Å². The highest BCUT2D eigenvalue weighted by Crippen LogP contribution is 2.39. The average molecular weight is 489 g/mol. The Morgan fingerprint density at radius 1 is 1.18 bits per heavy atom. The van der Waals surface area contributed by atoms with E-state index in [-0.39, 0.29) is 5.56 Å². The van der Waals surface area contributed by atoms with E-state index in [0.717, 1.165) is 17.6 Å². The molecule has 2 aromatic carbocycles. The Morgan fingerprint density at radius 3 is 2.61 bits per heavy atom. The highest BCUT2D eigenvalue weighted by Gasteiger charge is 2.25. The van der Waals surface area contributed by atoms with Crippen LogP contribution in [0.2, 0.25) is 5.02 Å². The van der Waals surface area contributed by atoms with Gasteiger partial charge in [0.2, 0.25) is 0 Å². The van der Waals surface area contributed by atoms with Crippen LogP contribution in [0.15, 0.2) is 52.0 Å². The van der Waals surface area contributed by atoms with Gasteiger partial charge in [0.05, 0.1) is 10.4 Å². The van der Waals surface area contributed by atoms with Crippen LogP contribution in [0.25, 0.3) is 10.9 Å². The van der Waals surface area contributed by atoms with Gasteiger partial charge in [-0.25, -0.2) is 13.0 Å². The van der Waals surface area contributed by atoms with Crippen molar-refractivity contribution in [2.24, 2.45) is 0 Å². The zero-order valence-corrected chi connectivity index (χ0v) is 17.8. The maximum absolute atomic E-state index is 13.9. The molecule has 4 nitrogen and oxygen atoms in total. The quantitative estimate of drug-likeness (QED) is 0.563. The standard InChI is InChI=1S/C19H17BrClF2N3OS/c20-12-2-1-3-14(8-12)28(27)26-11-15(19(22)23)18-16(9-13(21)10-17(18)26)25-6-4-24-5-7-25/h1-3,8-11,19,24H,4-7H2. The van der Waals surface area contributed by atoms with Crippen LogP contribution in [0.5, 0.6) is 0 Å². The van der Waals surface area contributed by atoms with Crippen molar-refractivity contribution in [3.63, 3.8) is 0 Å². The van der Waals surface area contributed by atoms with Gasteiger partial charge in [0.1, 0.15) is 0 Å². The van der Waals surface area contributed by atoms with E-state index < -0.39 is 17.4 Å². The fraction of sp³-hybridized carbons (Fsp3) is 0.263. The number of halogens is 4. The molecular formula is C19H17BrClF2N3OS. The summed E-state index contributed by atoms with van der Waals surface area (Å²) in [7, 11) is -1.68. The molecule has 9 heteroatoms. The van der Waals surface area contributed by atoms with E-state index in [1.807, 2.05) is 11.0 Å². The predicted octanol–water partition coefficient (Wildman–Crippen LogP) is 4.98. The maximum atomic E-state index is 13.9. The number of piperazine rings is 1. The van der Waals surface area contributed by atoms with Crippen LogP contribution in [-0.2, 0) is 11.0 Å². The summed E-state index contributed by atoms with van der Waals surface area (Å²) < 4.78 is 43.1. The summed E-state index contributed by atoms with van der Waals surface area (Å²) in [6, 6.07) is 10.3. The lowest BCUT2D eigenvalue weighted by molar-refractivity contribution is 0.153. The molecule has 1 aliphatic rings. The van der Waals surface area contributed by atoms with Crippen LogP contribution in [0.4, 0.5) is 14.5 Å². The molecule has 1 fully saturated rings. The molecule has 0 bridgehead atoms. The molecule has 1 unspecified atom stereocenters. The first-order chi connectivity index (χ1) is 13.5. The molecule has 0 aliphatic carbocycles. The Hall–Kier alpha value is -1.48. The Morgan fingerprint density at radius 2 is 1.93 bits per heavy atom. The number of nitrogens with zero attached hydrogens (tertiary/aromatic N) is 2. The second-order valence-electron chi connectivity index (χ2n) is 6.47. The molecular weight excluding hydrogens is 472 g/mol. The van der Waals surface area contributed by atoms with E-state index >= 15 is 0 Å². The molecule has 0 radical (unpaired) electrons. The second-order valence-corrected chi connectivity index (χ2v) is 9.19. The summed E-state index contributed by atoms with van der Waals surface area (Å²) in [5.41, 5.74) is 0.961. The smallest absolute Gasteiger partial charge is 0.266 e. The van der Waals surface area contributed by atoms with Crippen molar-refractivity contribution in [2.45, 2.75) is 11.3 Å². The van der Waals surface area contributed by atoms with Gasteiger partial charge in [0.25, 0.3) is 6.43 Å². The number of rotatable bonds is 4. The Labute approximate surface area is 177 Å². The van der Waals surface area contributed by atoms with E-state index in [9.17, 15) is 13.0 Å². The van der Waals surface area contributed by atoms with Gasteiger partial charge >= 0.3 is 0 Å². The summed E-state index contributed by atoms with van der Waals surface area (Å²) in [6.07, 6.45) is -1.40. The zero-order valence-electron chi connectivity index (χ0n) is 14.7. The highest BCUT2D eigenvalue weighted by atomic mass is 79.9. The van der Waals surface area contributed by atoms with Crippen molar-refractivity contribution in [3.8, 4) is 0 Å². The predicted molar refractivity (Wildman–Crippen MR) is 113 cm³/mol. The molecule has 1 aliphatic heterocycles. The third kappa shape index (κ3) is 3.70. The molecule has 2 heterocycles. The first-order valence-corrected chi connectivity index (χ1v) is 11.0. The number of benzene rings is 2. The van der Waals surface area contributed by atoms with E-state index in [1.165, 1.54) is 10.2 Å². The number of fused-ring (bicyclic) bond motifs is 1. The van der Waals surface area contributed by atoms with Gasteiger partial charge in [-0.1, -0.05) is 33.6 Å². The molecule has 0 saturated carbocycles. The monoisotopic (exact) mass is 487 g/mol. The van der Waals surface area contributed by atoms with Crippen LogP contribution >= 0.6 is 27.5 Å². The van der Waals surface area contributed by atoms with Crippen molar-refractivity contribution < 1.29 is 13.0 Å². The fourth-order valence-electron chi connectivity index (χ4n) is 3.46. The lowest BCUT2D eigenvalue weighted by Gasteiger charge is -2.30. The van der Waals surface area contributed by atoms with Crippen LogP contribution in [0, 0.1) is 0 Å². The molecule has 1 aromatic heterocycles. The number of aromatic nitrogens is 1. The van der Waals surface area contributed by atoms with E-state index in [0.29, 0.717) is 39.6 Å². The molecule has 0 amide bonds. The minimum atomic E-state index is -2.69. The first-order valence-electron chi connectivity index (χ1n) is 8.72. The van der Waals surface area contributed by atoms with Gasteiger partial charge in [-0.05, 0) is 30.3 Å². The van der Waals surface area contributed by atoms with E-state index in [1.54, 1.807) is 30.3 Å². The van der Waals surface area contributed by atoms with Crippen molar-refractivity contribution in [3.05, 3.63) is 57.7 Å². The van der Waals surface area contributed by atoms with Crippen molar-refractivity contribution >= 4 is 55.1 Å². The van der Waals surface area contributed by atoms with Crippen LogP contribution in [0.3, 0.4) is 0 Å². The van der Waals surface area contributed by atoms with E-state index in [2.05, 4.69) is 21.2 Å². The molecule has 4 rings (SSSR count). The third-order valence-electron chi connectivity index (χ3n) is 4.71. The number of hydrogen-bond acceptors (Lipinski definition) is 3. The molecule has 0 spiro atoms. The summed E-state index contributed by atoms with van der Waals surface area (Å²) in [5, 5.41) is 4.08. The normalized spacial score (nSPS) is 16.1. The first kappa shape index (κ1) is 19.8. The van der Waals surface area contributed by atoms with Crippen molar-refractivity contribution in [2.75, 3.05) is 31.1 Å². The fourth-order valence-corrected chi connectivity index (χ4v) is 5.39. The largest absolute Gasteiger partial charge is 0.368 e. The summed E-state index contributed by atoms with van der Waals surface area (Å²) >= 11 is 9.69. The van der Waals surface area contributed by atoms with Gasteiger partial charge in [-0.15, -0.1) is 0 Å². The van der Waals surface area contributed by atoms with Crippen LogP contribution < -0.4 is 10.2 Å². The lowest BCUT2D eigenvalue weighted by Crippen LogP contribution is -2.43. The summed E-state index contributed by atoms with van der Waals surface area (Å²) in [5.74, 6) is 0. The zero-order chi connectivity index (χ0) is 19.8. The lowest BCUT2D eigenvalue weighted by atomic mass is 10.1. The molecule has 3 aromatic rings. The number of nitrogens with one attached hydrogen (secondary N) is 1. The molecule has 148 valence electrons. The number of alkyl halides is 2. The Bertz CT molecular complexity index is 1050. The van der Waals surface area contributed by atoms with Crippen molar-refractivity contribution in [1.29, 1.82) is 0 Å². The van der Waals surface area contributed by atoms with Crippen LogP contribution in [-0.4, -0.2) is 34.4 Å². The maximum Gasteiger partial charge on any atom is 0.266 e. The highest BCUT2D eigenvalue weighted by molar-refractivity contribution is 9.10.